The van der Waals surface area contributed by atoms with E-state index in [1.807, 2.05) is 0 Å². The van der Waals surface area contributed by atoms with Crippen molar-refractivity contribution in [3.8, 4) is 0 Å². The van der Waals surface area contributed by atoms with E-state index >= 15 is 0 Å². The summed E-state index contributed by atoms with van der Waals surface area (Å²) in [7, 11) is 1.31. The van der Waals surface area contributed by atoms with E-state index in [1.165, 1.54) is 26.2 Å². The van der Waals surface area contributed by atoms with E-state index in [0.717, 1.165) is 0 Å². The van der Waals surface area contributed by atoms with Gasteiger partial charge in [0.25, 0.3) is 0 Å². The molecule has 4 heteroatoms. The number of esters is 1. The number of ether oxygens (including phenoxy) is 1. The first-order valence-electron chi connectivity index (χ1n) is 4.42. The Labute approximate surface area is 87.5 Å². The van der Waals surface area contributed by atoms with Gasteiger partial charge in [0, 0.05) is 0 Å². The van der Waals surface area contributed by atoms with E-state index in [4.69, 9.17) is 4.42 Å². The van der Waals surface area contributed by atoms with Crippen molar-refractivity contribution in [1.82, 2.24) is 0 Å². The number of ketones is 1. The van der Waals surface area contributed by atoms with Gasteiger partial charge in [-0.05, 0) is 32.1 Å². The fourth-order valence-corrected chi connectivity index (χ4v) is 1.10. The third kappa shape index (κ3) is 2.80. The molecule has 0 saturated carbocycles. The molecular formula is C11H12O4. The van der Waals surface area contributed by atoms with Crippen molar-refractivity contribution < 1.29 is 18.7 Å². The second-order valence-corrected chi connectivity index (χ2v) is 3.05. The zero-order valence-electron chi connectivity index (χ0n) is 8.87. The van der Waals surface area contributed by atoms with Crippen molar-refractivity contribution in [2.75, 3.05) is 7.11 Å². The molecule has 80 valence electrons. The summed E-state index contributed by atoms with van der Waals surface area (Å²) < 4.78 is 9.81. The van der Waals surface area contributed by atoms with Gasteiger partial charge >= 0.3 is 5.97 Å². The standard InChI is InChI=1S/C11H12O4/c1-7(12)4-5-9-6-10(8(2)15-9)11(13)14-3/h4-6H,1-3H3. The molecule has 0 aromatic carbocycles. The first kappa shape index (κ1) is 11.2. The fourth-order valence-electron chi connectivity index (χ4n) is 1.10. The maximum atomic E-state index is 11.2. The molecule has 0 aliphatic carbocycles. The fraction of sp³-hybridized carbons (Fsp3) is 0.273. The molecule has 1 rings (SSSR count). The molecule has 0 aliphatic heterocycles. The lowest BCUT2D eigenvalue weighted by Crippen LogP contribution is -2.00. The van der Waals surface area contributed by atoms with E-state index in [9.17, 15) is 9.59 Å². The van der Waals surface area contributed by atoms with Crippen molar-refractivity contribution in [1.29, 1.82) is 0 Å². The Morgan fingerprint density at radius 2 is 2.13 bits per heavy atom. The van der Waals surface area contributed by atoms with Crippen LogP contribution >= 0.6 is 0 Å². The number of carbonyl (C=O) groups is 2. The van der Waals surface area contributed by atoms with E-state index in [0.29, 0.717) is 17.1 Å². The van der Waals surface area contributed by atoms with Gasteiger partial charge in [-0.3, -0.25) is 4.79 Å². The van der Waals surface area contributed by atoms with E-state index < -0.39 is 5.97 Å². The van der Waals surface area contributed by atoms with Crippen LogP contribution in [0.4, 0.5) is 0 Å². The Kier molecular flexibility index (Phi) is 3.44. The zero-order chi connectivity index (χ0) is 11.4. The third-order valence-electron chi connectivity index (χ3n) is 1.82. The van der Waals surface area contributed by atoms with Crippen LogP contribution in [0.3, 0.4) is 0 Å². The molecule has 0 spiro atoms. The molecule has 0 atom stereocenters. The number of furan rings is 1. The van der Waals surface area contributed by atoms with E-state index in [1.54, 1.807) is 13.0 Å². The van der Waals surface area contributed by atoms with Crippen LogP contribution in [0.2, 0.25) is 0 Å². The van der Waals surface area contributed by atoms with Crippen molar-refractivity contribution in [3.63, 3.8) is 0 Å². The van der Waals surface area contributed by atoms with Gasteiger partial charge in [-0.2, -0.15) is 0 Å². The lowest BCUT2D eigenvalue weighted by molar-refractivity contribution is -0.112. The summed E-state index contributed by atoms with van der Waals surface area (Å²) in [5.41, 5.74) is 0.376. The van der Waals surface area contributed by atoms with Crippen LogP contribution in [0, 0.1) is 6.92 Å². The number of aryl methyl sites for hydroxylation is 1. The first-order valence-corrected chi connectivity index (χ1v) is 4.42. The average Bonchev–Trinajstić information content (AvgIpc) is 2.55. The van der Waals surface area contributed by atoms with Crippen LogP contribution in [-0.2, 0) is 9.53 Å². The van der Waals surface area contributed by atoms with Crippen LogP contribution in [0.25, 0.3) is 6.08 Å². The lowest BCUT2D eigenvalue weighted by Gasteiger charge is -1.93. The molecule has 0 N–H and O–H groups in total. The molecule has 0 unspecified atom stereocenters. The minimum Gasteiger partial charge on any atom is -0.465 e. The van der Waals surface area contributed by atoms with Crippen LogP contribution < -0.4 is 0 Å². The molecule has 0 radical (unpaired) electrons. The molecule has 0 bridgehead atoms. The van der Waals surface area contributed by atoms with Crippen molar-refractivity contribution in [2.24, 2.45) is 0 Å². The molecule has 4 nitrogen and oxygen atoms in total. The van der Waals surface area contributed by atoms with Gasteiger partial charge in [-0.25, -0.2) is 4.79 Å². The SMILES string of the molecule is COC(=O)c1cc(C=CC(C)=O)oc1C. The summed E-state index contributed by atoms with van der Waals surface area (Å²) in [4.78, 5) is 21.9. The molecule has 0 saturated heterocycles. The van der Waals surface area contributed by atoms with E-state index in [-0.39, 0.29) is 5.78 Å². The molecule has 15 heavy (non-hydrogen) atoms. The summed E-state index contributed by atoms with van der Waals surface area (Å²) in [6.07, 6.45) is 2.89. The summed E-state index contributed by atoms with van der Waals surface area (Å²) in [6.45, 7) is 3.10. The summed E-state index contributed by atoms with van der Waals surface area (Å²) in [5.74, 6) is 0.413. The molecule has 0 amide bonds. The lowest BCUT2D eigenvalue weighted by atomic mass is 10.2. The second-order valence-electron chi connectivity index (χ2n) is 3.05. The number of carbonyl (C=O) groups excluding carboxylic acids is 2. The van der Waals surface area contributed by atoms with Gasteiger partial charge in [0.05, 0.1) is 7.11 Å². The molecule has 1 aromatic heterocycles. The number of allylic oxidation sites excluding steroid dienone is 1. The van der Waals surface area contributed by atoms with Gasteiger partial charge in [-0.15, -0.1) is 0 Å². The highest BCUT2D eigenvalue weighted by molar-refractivity contribution is 5.93. The highest BCUT2D eigenvalue weighted by Gasteiger charge is 2.13. The Bertz CT molecular complexity index is 412. The molecule has 1 heterocycles. The van der Waals surface area contributed by atoms with Crippen LogP contribution in [-0.4, -0.2) is 18.9 Å². The minimum absolute atomic E-state index is 0.0799. The number of hydrogen-bond donors (Lipinski definition) is 0. The van der Waals surface area contributed by atoms with Crippen molar-refractivity contribution >= 4 is 17.8 Å². The Morgan fingerprint density at radius 1 is 1.47 bits per heavy atom. The van der Waals surface area contributed by atoms with Gasteiger partial charge in [-0.1, -0.05) is 0 Å². The topological polar surface area (TPSA) is 56.5 Å². The summed E-state index contributed by atoms with van der Waals surface area (Å²) >= 11 is 0. The monoisotopic (exact) mass is 208 g/mol. The highest BCUT2D eigenvalue weighted by atomic mass is 16.5. The normalized spacial score (nSPS) is 10.6. The summed E-state index contributed by atoms with van der Waals surface area (Å²) in [6, 6.07) is 1.54. The van der Waals surface area contributed by atoms with Gasteiger partial charge < -0.3 is 9.15 Å². The third-order valence-corrected chi connectivity index (χ3v) is 1.82. The molecular weight excluding hydrogens is 196 g/mol. The minimum atomic E-state index is -0.446. The van der Waals surface area contributed by atoms with Crippen LogP contribution in [0.5, 0.6) is 0 Å². The predicted molar refractivity (Wildman–Crippen MR) is 54.5 cm³/mol. The average molecular weight is 208 g/mol. The molecule has 0 fully saturated rings. The molecule has 0 aliphatic rings. The maximum absolute atomic E-state index is 11.2. The second kappa shape index (κ2) is 4.59. The first-order chi connectivity index (χ1) is 7.04. The largest absolute Gasteiger partial charge is 0.465 e. The quantitative estimate of drug-likeness (QED) is 0.563. The number of hydrogen-bond acceptors (Lipinski definition) is 4. The Balaban J connectivity index is 2.95. The number of rotatable bonds is 3. The Morgan fingerprint density at radius 3 is 2.67 bits per heavy atom. The number of methoxy groups -OCH3 is 1. The van der Waals surface area contributed by atoms with Crippen molar-refractivity contribution in [3.05, 3.63) is 29.2 Å². The van der Waals surface area contributed by atoms with E-state index in [2.05, 4.69) is 4.74 Å². The van der Waals surface area contributed by atoms with Crippen LogP contribution in [0.1, 0.15) is 28.8 Å². The van der Waals surface area contributed by atoms with Crippen LogP contribution in [0.15, 0.2) is 16.6 Å². The van der Waals surface area contributed by atoms with Crippen molar-refractivity contribution in [2.45, 2.75) is 13.8 Å². The van der Waals surface area contributed by atoms with Gasteiger partial charge in [0.2, 0.25) is 0 Å². The van der Waals surface area contributed by atoms with Gasteiger partial charge in [0.15, 0.2) is 5.78 Å². The summed E-state index contributed by atoms with van der Waals surface area (Å²) in [5, 5.41) is 0. The zero-order valence-corrected chi connectivity index (χ0v) is 8.87. The Hall–Kier alpha value is -1.84. The highest BCUT2D eigenvalue weighted by Crippen LogP contribution is 2.16. The molecule has 1 aromatic rings. The predicted octanol–water partition coefficient (Wildman–Crippen LogP) is 1.98. The van der Waals surface area contributed by atoms with Gasteiger partial charge in [0.1, 0.15) is 17.1 Å². The maximum Gasteiger partial charge on any atom is 0.341 e. The smallest absolute Gasteiger partial charge is 0.341 e.